The third-order valence-electron chi connectivity index (χ3n) is 1.36. The van der Waals surface area contributed by atoms with E-state index < -0.39 is 6.10 Å². The Kier molecular flexibility index (Phi) is 1.72. The molecule has 1 unspecified atom stereocenters. The second-order valence-electron chi connectivity index (χ2n) is 2.18. The SMILES string of the molecule is N=C(N)C1OC=CC(N)=C1N. The molecule has 0 saturated carbocycles. The van der Waals surface area contributed by atoms with E-state index in [9.17, 15) is 0 Å². The molecule has 60 valence electrons. The van der Waals surface area contributed by atoms with Gasteiger partial charge in [-0.25, -0.2) is 0 Å². The van der Waals surface area contributed by atoms with Crippen molar-refractivity contribution in [3.05, 3.63) is 23.7 Å². The van der Waals surface area contributed by atoms with Crippen molar-refractivity contribution in [2.24, 2.45) is 17.2 Å². The molecule has 5 nitrogen and oxygen atoms in total. The molecule has 0 amide bonds. The zero-order valence-corrected chi connectivity index (χ0v) is 5.87. The van der Waals surface area contributed by atoms with Crippen molar-refractivity contribution < 1.29 is 4.74 Å². The number of nitrogens with two attached hydrogens (primary N) is 3. The Morgan fingerprint density at radius 1 is 1.55 bits per heavy atom. The van der Waals surface area contributed by atoms with Crippen LogP contribution in [0.25, 0.3) is 0 Å². The molecular formula is C6H10N4O. The summed E-state index contributed by atoms with van der Waals surface area (Å²) in [5.41, 5.74) is 16.8. The number of amidine groups is 1. The fourth-order valence-corrected chi connectivity index (χ4v) is 0.753. The van der Waals surface area contributed by atoms with Crippen LogP contribution in [0, 0.1) is 5.41 Å². The lowest BCUT2D eigenvalue weighted by atomic mass is 10.2. The summed E-state index contributed by atoms with van der Waals surface area (Å²) < 4.78 is 4.93. The summed E-state index contributed by atoms with van der Waals surface area (Å²) in [6.45, 7) is 0. The average Bonchev–Trinajstić information content (AvgIpc) is 1.94. The van der Waals surface area contributed by atoms with Crippen molar-refractivity contribution in [3.8, 4) is 0 Å². The van der Waals surface area contributed by atoms with E-state index in [1.54, 1.807) is 0 Å². The monoisotopic (exact) mass is 154 g/mol. The molecule has 0 aromatic rings. The van der Waals surface area contributed by atoms with Crippen LogP contribution < -0.4 is 17.2 Å². The van der Waals surface area contributed by atoms with Gasteiger partial charge in [-0.3, -0.25) is 5.41 Å². The zero-order chi connectivity index (χ0) is 8.43. The predicted octanol–water partition coefficient (Wildman–Crippen LogP) is -1.04. The van der Waals surface area contributed by atoms with E-state index in [1.807, 2.05) is 0 Å². The molecule has 0 aromatic carbocycles. The van der Waals surface area contributed by atoms with E-state index >= 15 is 0 Å². The van der Waals surface area contributed by atoms with Gasteiger partial charge in [0, 0.05) is 0 Å². The third kappa shape index (κ3) is 1.26. The van der Waals surface area contributed by atoms with E-state index in [0.717, 1.165) is 0 Å². The van der Waals surface area contributed by atoms with Crippen molar-refractivity contribution >= 4 is 5.84 Å². The summed E-state index contributed by atoms with van der Waals surface area (Å²) in [5, 5.41) is 7.06. The van der Waals surface area contributed by atoms with Crippen LogP contribution in [0.4, 0.5) is 0 Å². The number of allylic oxidation sites excluding steroid dienone is 1. The van der Waals surface area contributed by atoms with Crippen molar-refractivity contribution in [3.63, 3.8) is 0 Å². The van der Waals surface area contributed by atoms with Gasteiger partial charge in [0.2, 0.25) is 0 Å². The van der Waals surface area contributed by atoms with Gasteiger partial charge >= 0.3 is 0 Å². The Balaban J connectivity index is 2.89. The maximum atomic E-state index is 7.06. The van der Waals surface area contributed by atoms with Crippen molar-refractivity contribution in [2.75, 3.05) is 0 Å². The molecule has 1 rings (SSSR count). The van der Waals surface area contributed by atoms with Crippen LogP contribution in [0.2, 0.25) is 0 Å². The first-order valence-electron chi connectivity index (χ1n) is 3.04. The fraction of sp³-hybridized carbons (Fsp3) is 0.167. The summed E-state index contributed by atoms with van der Waals surface area (Å²) in [4.78, 5) is 0. The third-order valence-corrected chi connectivity index (χ3v) is 1.36. The van der Waals surface area contributed by atoms with E-state index in [4.69, 9.17) is 27.3 Å². The lowest BCUT2D eigenvalue weighted by Gasteiger charge is -2.19. The summed E-state index contributed by atoms with van der Waals surface area (Å²) >= 11 is 0. The van der Waals surface area contributed by atoms with Crippen LogP contribution >= 0.6 is 0 Å². The summed E-state index contributed by atoms with van der Waals surface area (Å²) in [5.74, 6) is -0.144. The van der Waals surface area contributed by atoms with Gasteiger partial charge in [-0.15, -0.1) is 0 Å². The molecule has 1 heterocycles. The molecule has 0 saturated heterocycles. The Labute approximate surface area is 64.0 Å². The number of rotatable bonds is 1. The fourth-order valence-electron chi connectivity index (χ4n) is 0.753. The zero-order valence-electron chi connectivity index (χ0n) is 5.87. The predicted molar refractivity (Wildman–Crippen MR) is 41.3 cm³/mol. The van der Waals surface area contributed by atoms with Gasteiger partial charge in [-0.2, -0.15) is 0 Å². The molecule has 5 heteroatoms. The van der Waals surface area contributed by atoms with Crippen molar-refractivity contribution in [1.82, 2.24) is 0 Å². The van der Waals surface area contributed by atoms with Crippen LogP contribution in [-0.2, 0) is 4.74 Å². The van der Waals surface area contributed by atoms with Gasteiger partial charge in [-0.1, -0.05) is 0 Å². The lowest BCUT2D eigenvalue weighted by Crippen LogP contribution is -2.37. The molecule has 0 aromatic heterocycles. The van der Waals surface area contributed by atoms with E-state index in [1.165, 1.54) is 12.3 Å². The largest absolute Gasteiger partial charge is 0.484 e. The van der Waals surface area contributed by atoms with Crippen LogP contribution in [0.1, 0.15) is 0 Å². The maximum Gasteiger partial charge on any atom is 0.195 e. The molecule has 0 fully saturated rings. The van der Waals surface area contributed by atoms with Crippen LogP contribution in [0.15, 0.2) is 23.7 Å². The first kappa shape index (κ1) is 7.46. The Bertz CT molecular complexity index is 243. The molecule has 7 N–H and O–H groups in total. The average molecular weight is 154 g/mol. The second kappa shape index (κ2) is 2.53. The molecule has 11 heavy (non-hydrogen) atoms. The number of hydrogen-bond acceptors (Lipinski definition) is 4. The van der Waals surface area contributed by atoms with Gasteiger partial charge in [0.25, 0.3) is 0 Å². The van der Waals surface area contributed by atoms with E-state index in [0.29, 0.717) is 11.4 Å². The minimum absolute atomic E-state index is 0.144. The smallest absolute Gasteiger partial charge is 0.195 e. The number of ether oxygens (including phenoxy) is 1. The normalized spacial score (nSPS) is 23.1. The first-order valence-corrected chi connectivity index (χ1v) is 3.04. The molecule has 0 aliphatic carbocycles. The van der Waals surface area contributed by atoms with E-state index in [-0.39, 0.29) is 5.84 Å². The second-order valence-corrected chi connectivity index (χ2v) is 2.18. The molecule has 0 bridgehead atoms. The minimum Gasteiger partial charge on any atom is -0.484 e. The molecule has 1 aliphatic rings. The summed E-state index contributed by atoms with van der Waals surface area (Å²) in [7, 11) is 0. The lowest BCUT2D eigenvalue weighted by molar-refractivity contribution is 0.223. The summed E-state index contributed by atoms with van der Waals surface area (Å²) in [6, 6.07) is 0. The van der Waals surface area contributed by atoms with Gasteiger partial charge in [0.05, 0.1) is 17.7 Å². The maximum absolute atomic E-state index is 7.06. The van der Waals surface area contributed by atoms with Gasteiger partial charge in [0.15, 0.2) is 6.10 Å². The molecule has 1 atom stereocenters. The highest BCUT2D eigenvalue weighted by Crippen LogP contribution is 2.10. The first-order chi connectivity index (χ1) is 5.13. The Morgan fingerprint density at radius 2 is 2.18 bits per heavy atom. The number of hydrogen-bond donors (Lipinski definition) is 4. The molecule has 0 spiro atoms. The Hall–Kier alpha value is -1.65. The quantitative estimate of drug-likeness (QED) is 0.285. The molecule has 1 aliphatic heterocycles. The topological polar surface area (TPSA) is 111 Å². The van der Waals surface area contributed by atoms with E-state index in [2.05, 4.69) is 0 Å². The summed E-state index contributed by atoms with van der Waals surface area (Å²) in [6.07, 6.45) is 2.20. The van der Waals surface area contributed by atoms with Gasteiger partial charge < -0.3 is 21.9 Å². The van der Waals surface area contributed by atoms with Crippen molar-refractivity contribution in [1.29, 1.82) is 5.41 Å². The highest BCUT2D eigenvalue weighted by Gasteiger charge is 2.19. The minimum atomic E-state index is -0.694. The van der Waals surface area contributed by atoms with Crippen LogP contribution in [-0.4, -0.2) is 11.9 Å². The van der Waals surface area contributed by atoms with Crippen molar-refractivity contribution in [2.45, 2.75) is 6.10 Å². The van der Waals surface area contributed by atoms with Gasteiger partial charge in [0.1, 0.15) is 5.84 Å². The van der Waals surface area contributed by atoms with Gasteiger partial charge in [-0.05, 0) is 6.08 Å². The standard InChI is InChI=1S/C6H10N4O/c7-3-1-2-11-5(4(3)8)6(9)10/h1-2,5H,7-8H2,(H3,9,10). The highest BCUT2D eigenvalue weighted by molar-refractivity contribution is 5.85. The van der Waals surface area contributed by atoms with Crippen LogP contribution in [0.5, 0.6) is 0 Å². The molecule has 0 radical (unpaired) electrons. The molecular weight excluding hydrogens is 144 g/mol. The van der Waals surface area contributed by atoms with Crippen LogP contribution in [0.3, 0.4) is 0 Å². The Morgan fingerprint density at radius 3 is 2.64 bits per heavy atom. The number of nitrogens with one attached hydrogen (secondary N) is 1. The highest BCUT2D eigenvalue weighted by atomic mass is 16.5.